The van der Waals surface area contributed by atoms with Crippen molar-refractivity contribution in [1.82, 2.24) is 14.9 Å². The molecule has 2 aromatic rings. The van der Waals surface area contributed by atoms with E-state index in [0.717, 1.165) is 44.9 Å². The molecular weight excluding hydrogens is 382 g/mol. The Kier molecular flexibility index (Phi) is 6.28. The number of hydrogen-bond donors (Lipinski definition) is 2. The average molecular weight is 412 g/mol. The summed E-state index contributed by atoms with van der Waals surface area (Å²) in [7, 11) is 0. The predicted octanol–water partition coefficient (Wildman–Crippen LogP) is 5.18. The molecule has 1 heterocycles. The van der Waals surface area contributed by atoms with Crippen LogP contribution in [0.4, 0.5) is 0 Å². The highest BCUT2D eigenvalue weighted by atomic mass is 32.1. The molecule has 0 unspecified atom stereocenters. The van der Waals surface area contributed by atoms with Gasteiger partial charge in [0.1, 0.15) is 0 Å². The molecule has 2 aliphatic rings. The van der Waals surface area contributed by atoms with Crippen molar-refractivity contribution in [2.24, 2.45) is 0 Å². The smallest absolute Gasteiger partial charge is 0.262 e. The summed E-state index contributed by atoms with van der Waals surface area (Å²) in [6.07, 6.45) is 13.6. The third-order valence-electron chi connectivity index (χ3n) is 6.25. The van der Waals surface area contributed by atoms with Gasteiger partial charge in [-0.1, -0.05) is 30.9 Å². The summed E-state index contributed by atoms with van der Waals surface area (Å²) >= 11 is 5.50. The van der Waals surface area contributed by atoms with Gasteiger partial charge in [-0.3, -0.25) is 14.2 Å². The van der Waals surface area contributed by atoms with Crippen molar-refractivity contribution in [1.29, 1.82) is 0 Å². The number of benzene rings is 1. The normalized spacial score (nSPS) is 17.9. The highest BCUT2D eigenvalue weighted by Crippen LogP contribution is 2.27. The van der Waals surface area contributed by atoms with Crippen LogP contribution in [0.25, 0.3) is 10.9 Å². The van der Waals surface area contributed by atoms with Crippen LogP contribution in [0.3, 0.4) is 0 Å². The van der Waals surface area contributed by atoms with Crippen LogP contribution in [-0.2, 0) is 0 Å². The second-order valence-electron chi connectivity index (χ2n) is 8.27. The quantitative estimate of drug-likeness (QED) is 0.526. The molecule has 4 rings (SSSR count). The molecule has 6 heteroatoms. The first kappa shape index (κ1) is 20.1. The Morgan fingerprint density at radius 1 is 1.17 bits per heavy atom. The second-order valence-corrected chi connectivity index (χ2v) is 8.66. The molecule has 1 fully saturated rings. The zero-order valence-corrected chi connectivity index (χ0v) is 17.7. The maximum Gasteiger partial charge on any atom is 0.262 e. The van der Waals surface area contributed by atoms with Gasteiger partial charge in [-0.2, -0.15) is 0 Å². The number of aromatic nitrogens is 2. The topological polar surface area (TPSA) is 66.9 Å². The molecule has 5 nitrogen and oxygen atoms in total. The molecular formula is C23H29N3O2S. The summed E-state index contributed by atoms with van der Waals surface area (Å²) in [5, 5.41) is 3.59. The maximum absolute atomic E-state index is 13.0. The lowest BCUT2D eigenvalue weighted by molar-refractivity contribution is 0.0954. The molecule has 0 aliphatic heterocycles. The molecule has 1 aromatic carbocycles. The van der Waals surface area contributed by atoms with Crippen LogP contribution in [0.15, 0.2) is 34.6 Å². The van der Waals surface area contributed by atoms with Gasteiger partial charge in [-0.05, 0) is 75.4 Å². The van der Waals surface area contributed by atoms with E-state index in [2.05, 4.69) is 16.4 Å². The summed E-state index contributed by atoms with van der Waals surface area (Å²) in [6.45, 7) is 0.641. The summed E-state index contributed by atoms with van der Waals surface area (Å²) in [6, 6.07) is 5.41. The SMILES string of the molecule is O=C(NCCC1=CCCCC1)c1ccc2c(=O)n(C3CCCCC3)c(=S)[nH]c2c1. The minimum absolute atomic E-state index is 0.0492. The molecule has 2 aliphatic carbocycles. The lowest BCUT2D eigenvalue weighted by atomic mass is 9.95. The number of aromatic amines is 1. The van der Waals surface area contributed by atoms with Crippen LogP contribution in [0.1, 0.15) is 80.6 Å². The molecule has 29 heavy (non-hydrogen) atoms. The van der Waals surface area contributed by atoms with Crippen molar-refractivity contribution in [3.05, 3.63) is 50.5 Å². The molecule has 0 atom stereocenters. The number of allylic oxidation sites excluding steroid dienone is 1. The number of H-pyrrole nitrogens is 1. The minimum Gasteiger partial charge on any atom is -0.352 e. The summed E-state index contributed by atoms with van der Waals surface area (Å²) < 4.78 is 2.20. The summed E-state index contributed by atoms with van der Waals surface area (Å²) in [5.74, 6) is -0.112. The fraction of sp³-hybridized carbons (Fsp3) is 0.522. The number of carbonyl (C=O) groups excluding carboxylic acids is 1. The number of nitrogens with zero attached hydrogens (tertiary/aromatic N) is 1. The van der Waals surface area contributed by atoms with E-state index in [-0.39, 0.29) is 17.5 Å². The Morgan fingerprint density at radius 2 is 2.00 bits per heavy atom. The number of hydrogen-bond acceptors (Lipinski definition) is 3. The Morgan fingerprint density at radius 3 is 2.76 bits per heavy atom. The van der Waals surface area contributed by atoms with Crippen molar-refractivity contribution in [3.63, 3.8) is 0 Å². The van der Waals surface area contributed by atoms with Crippen LogP contribution in [0.2, 0.25) is 0 Å². The largest absolute Gasteiger partial charge is 0.352 e. The number of rotatable bonds is 5. The maximum atomic E-state index is 13.0. The first-order chi connectivity index (χ1) is 14.1. The molecule has 0 bridgehead atoms. The van der Waals surface area contributed by atoms with Gasteiger partial charge < -0.3 is 10.3 Å². The first-order valence-electron chi connectivity index (χ1n) is 10.9. The first-order valence-corrected chi connectivity index (χ1v) is 11.3. The van der Waals surface area contributed by atoms with E-state index in [4.69, 9.17) is 12.2 Å². The van der Waals surface area contributed by atoms with Crippen molar-refractivity contribution in [2.45, 2.75) is 70.3 Å². The van der Waals surface area contributed by atoms with Gasteiger partial charge in [0.2, 0.25) is 0 Å². The van der Waals surface area contributed by atoms with E-state index < -0.39 is 0 Å². The van der Waals surface area contributed by atoms with Gasteiger partial charge in [0, 0.05) is 18.2 Å². The highest BCUT2D eigenvalue weighted by Gasteiger charge is 2.19. The van der Waals surface area contributed by atoms with E-state index in [9.17, 15) is 9.59 Å². The Hall–Kier alpha value is -2.21. The molecule has 0 saturated heterocycles. The monoisotopic (exact) mass is 411 g/mol. The van der Waals surface area contributed by atoms with Gasteiger partial charge >= 0.3 is 0 Å². The molecule has 0 spiro atoms. The molecule has 0 radical (unpaired) electrons. The standard InChI is InChI=1S/C23H29N3O2S/c27-21(24-14-13-16-7-3-1-4-8-16)17-11-12-19-20(15-17)25-23(29)26(22(19)28)18-9-5-2-6-10-18/h7,11-12,15,18H,1-6,8-10,13-14H2,(H,24,27)(H,25,29). The zero-order chi connectivity index (χ0) is 20.2. The highest BCUT2D eigenvalue weighted by molar-refractivity contribution is 7.71. The van der Waals surface area contributed by atoms with Crippen LogP contribution >= 0.6 is 12.2 Å². The molecule has 154 valence electrons. The van der Waals surface area contributed by atoms with Gasteiger partial charge in [0.05, 0.1) is 10.9 Å². The molecule has 1 amide bonds. The third kappa shape index (κ3) is 4.53. The number of fused-ring (bicyclic) bond motifs is 1. The number of amides is 1. The lowest BCUT2D eigenvalue weighted by Crippen LogP contribution is -2.28. The van der Waals surface area contributed by atoms with Crippen molar-refractivity contribution >= 4 is 29.0 Å². The summed E-state index contributed by atoms with van der Waals surface area (Å²) in [5.41, 5.74) is 2.58. The van der Waals surface area contributed by atoms with E-state index >= 15 is 0 Å². The Bertz CT molecular complexity index is 1040. The lowest BCUT2D eigenvalue weighted by Gasteiger charge is -2.24. The van der Waals surface area contributed by atoms with Gasteiger partial charge in [-0.15, -0.1) is 0 Å². The van der Waals surface area contributed by atoms with E-state index in [1.54, 1.807) is 22.8 Å². The van der Waals surface area contributed by atoms with Crippen LogP contribution in [0, 0.1) is 4.77 Å². The third-order valence-corrected chi connectivity index (χ3v) is 6.55. The van der Waals surface area contributed by atoms with Crippen molar-refractivity contribution in [3.8, 4) is 0 Å². The minimum atomic E-state index is -0.112. The van der Waals surface area contributed by atoms with E-state index in [1.807, 2.05) is 0 Å². The summed E-state index contributed by atoms with van der Waals surface area (Å²) in [4.78, 5) is 28.8. The van der Waals surface area contributed by atoms with Gasteiger partial charge in [-0.25, -0.2) is 0 Å². The van der Waals surface area contributed by atoms with Crippen molar-refractivity contribution in [2.75, 3.05) is 6.54 Å². The van der Waals surface area contributed by atoms with E-state index in [1.165, 1.54) is 24.8 Å². The fourth-order valence-electron chi connectivity index (χ4n) is 4.61. The van der Waals surface area contributed by atoms with Gasteiger partial charge in [0.15, 0.2) is 4.77 Å². The second kappa shape index (κ2) is 9.08. The predicted molar refractivity (Wildman–Crippen MR) is 119 cm³/mol. The van der Waals surface area contributed by atoms with Crippen molar-refractivity contribution < 1.29 is 4.79 Å². The Balaban J connectivity index is 1.51. The van der Waals surface area contributed by atoms with Crippen LogP contribution < -0.4 is 10.9 Å². The average Bonchev–Trinajstić information content (AvgIpc) is 2.75. The number of carbonyl (C=O) groups is 1. The van der Waals surface area contributed by atoms with Crippen LogP contribution in [0.5, 0.6) is 0 Å². The molecule has 2 N–H and O–H groups in total. The zero-order valence-electron chi connectivity index (χ0n) is 16.8. The Labute approximate surface area is 176 Å². The van der Waals surface area contributed by atoms with Crippen LogP contribution in [-0.4, -0.2) is 22.0 Å². The van der Waals surface area contributed by atoms with Gasteiger partial charge in [0.25, 0.3) is 11.5 Å². The number of nitrogens with one attached hydrogen (secondary N) is 2. The fourth-order valence-corrected chi connectivity index (χ4v) is 4.96. The van der Waals surface area contributed by atoms with E-state index in [0.29, 0.717) is 27.8 Å². The molecule has 1 saturated carbocycles. The molecule has 1 aromatic heterocycles.